The fraction of sp³-hybridized carbons (Fsp3) is 0.600. The predicted octanol–water partition coefficient (Wildman–Crippen LogP) is 4.60. The maximum absolute atomic E-state index is 13.8. The van der Waals surface area contributed by atoms with Crippen molar-refractivity contribution in [3.63, 3.8) is 0 Å². The van der Waals surface area contributed by atoms with Gasteiger partial charge >= 0.3 is 0 Å². The Morgan fingerprint density at radius 1 is 1.28 bits per heavy atom. The molecule has 0 unspecified atom stereocenters. The molecule has 0 heterocycles. The van der Waals surface area contributed by atoms with Crippen molar-refractivity contribution in [3.05, 3.63) is 34.1 Å². The van der Waals surface area contributed by atoms with Crippen LogP contribution in [0.5, 0.6) is 0 Å². The lowest BCUT2D eigenvalue weighted by Gasteiger charge is -2.33. The van der Waals surface area contributed by atoms with Gasteiger partial charge in [-0.2, -0.15) is 0 Å². The van der Waals surface area contributed by atoms with Gasteiger partial charge in [0.15, 0.2) is 0 Å². The summed E-state index contributed by atoms with van der Waals surface area (Å²) < 4.78 is 14.6. The molecule has 0 amide bonds. The normalized spacial score (nSPS) is 24.5. The van der Waals surface area contributed by atoms with Crippen molar-refractivity contribution in [2.45, 2.75) is 45.2 Å². The van der Waals surface area contributed by atoms with Crippen LogP contribution < -0.4 is 0 Å². The van der Waals surface area contributed by atoms with Gasteiger partial charge in [-0.3, -0.25) is 4.90 Å². The summed E-state index contributed by atoms with van der Waals surface area (Å²) in [6.45, 7) is 3.03. The molecule has 0 bridgehead atoms. The Kier molecular flexibility index (Phi) is 4.79. The Bertz CT molecular complexity index is 399. The highest BCUT2D eigenvalue weighted by Crippen LogP contribution is 2.27. The van der Waals surface area contributed by atoms with Crippen molar-refractivity contribution >= 4 is 15.9 Å². The van der Waals surface area contributed by atoms with Crippen LogP contribution in [0.3, 0.4) is 0 Å². The molecule has 0 aliphatic heterocycles. The molecule has 1 aromatic rings. The number of hydrogen-bond acceptors (Lipinski definition) is 1. The molecule has 1 fully saturated rings. The van der Waals surface area contributed by atoms with Gasteiger partial charge in [-0.25, -0.2) is 4.39 Å². The van der Waals surface area contributed by atoms with E-state index >= 15 is 0 Å². The topological polar surface area (TPSA) is 3.24 Å². The number of benzene rings is 1. The van der Waals surface area contributed by atoms with Crippen LogP contribution in [0.25, 0.3) is 0 Å². The molecular formula is C15H21BrFN. The minimum absolute atomic E-state index is 0.111. The van der Waals surface area contributed by atoms with Crippen molar-refractivity contribution in [1.82, 2.24) is 4.90 Å². The second kappa shape index (κ2) is 6.16. The molecular weight excluding hydrogens is 293 g/mol. The van der Waals surface area contributed by atoms with E-state index in [1.54, 1.807) is 6.07 Å². The molecule has 1 aliphatic carbocycles. The maximum atomic E-state index is 13.8. The number of halogens is 2. The van der Waals surface area contributed by atoms with Gasteiger partial charge in [-0.05, 0) is 50.8 Å². The highest BCUT2D eigenvalue weighted by molar-refractivity contribution is 9.10. The summed E-state index contributed by atoms with van der Waals surface area (Å²) in [7, 11) is 2.11. The van der Waals surface area contributed by atoms with E-state index in [9.17, 15) is 4.39 Å². The summed E-state index contributed by atoms with van der Waals surface area (Å²) in [6, 6.07) is 5.95. The van der Waals surface area contributed by atoms with Gasteiger partial charge in [-0.15, -0.1) is 0 Å². The number of hydrogen-bond donors (Lipinski definition) is 0. The highest BCUT2D eigenvalue weighted by Gasteiger charge is 2.22. The van der Waals surface area contributed by atoms with Crippen molar-refractivity contribution in [2.24, 2.45) is 5.92 Å². The zero-order valence-electron chi connectivity index (χ0n) is 11.1. The van der Waals surface area contributed by atoms with Gasteiger partial charge in [0.25, 0.3) is 0 Å². The monoisotopic (exact) mass is 313 g/mol. The molecule has 0 aromatic heterocycles. The minimum Gasteiger partial charge on any atom is -0.299 e. The molecule has 0 spiro atoms. The third-order valence-corrected chi connectivity index (χ3v) is 4.54. The molecule has 0 saturated heterocycles. The van der Waals surface area contributed by atoms with Gasteiger partial charge in [0.2, 0.25) is 0 Å². The second-order valence-corrected chi connectivity index (χ2v) is 6.48. The lowest BCUT2D eigenvalue weighted by atomic mass is 9.86. The standard InChI is InChI=1S/C15H21BrFN/c1-11-3-7-14(8-4-11)18(2)10-12-5-6-13(16)9-15(12)17/h5-6,9,11,14H,3-4,7-8,10H2,1-2H3. The van der Waals surface area contributed by atoms with Crippen LogP contribution in [0, 0.1) is 11.7 Å². The largest absolute Gasteiger partial charge is 0.299 e. The summed E-state index contributed by atoms with van der Waals surface area (Å²) in [5.74, 6) is 0.750. The van der Waals surface area contributed by atoms with Crippen LogP contribution >= 0.6 is 15.9 Å². The molecule has 1 aromatic carbocycles. The van der Waals surface area contributed by atoms with Crippen LogP contribution in [0.1, 0.15) is 38.2 Å². The molecule has 100 valence electrons. The van der Waals surface area contributed by atoms with Crippen LogP contribution in [-0.4, -0.2) is 18.0 Å². The maximum Gasteiger partial charge on any atom is 0.128 e. The first-order valence-electron chi connectivity index (χ1n) is 6.70. The van der Waals surface area contributed by atoms with Crippen LogP contribution in [-0.2, 0) is 6.54 Å². The van der Waals surface area contributed by atoms with Crippen LogP contribution in [0.4, 0.5) is 4.39 Å². The Morgan fingerprint density at radius 2 is 1.94 bits per heavy atom. The van der Waals surface area contributed by atoms with Crippen LogP contribution in [0.15, 0.2) is 22.7 Å². The second-order valence-electron chi connectivity index (χ2n) is 5.56. The lowest BCUT2D eigenvalue weighted by molar-refractivity contribution is 0.162. The van der Waals surface area contributed by atoms with Gasteiger partial charge in [-0.1, -0.05) is 28.9 Å². The Hall–Kier alpha value is -0.410. The van der Waals surface area contributed by atoms with E-state index in [0.29, 0.717) is 12.6 Å². The summed E-state index contributed by atoms with van der Waals surface area (Å²) in [5, 5.41) is 0. The number of nitrogens with zero attached hydrogens (tertiary/aromatic N) is 1. The summed E-state index contributed by atoms with van der Waals surface area (Å²) in [6.07, 6.45) is 5.10. The third-order valence-electron chi connectivity index (χ3n) is 4.04. The quantitative estimate of drug-likeness (QED) is 0.788. The highest BCUT2D eigenvalue weighted by atomic mass is 79.9. The molecule has 3 heteroatoms. The first-order chi connectivity index (χ1) is 8.56. The van der Waals surface area contributed by atoms with Crippen molar-refractivity contribution < 1.29 is 4.39 Å². The van der Waals surface area contributed by atoms with E-state index in [-0.39, 0.29) is 5.82 Å². The van der Waals surface area contributed by atoms with Crippen LogP contribution in [0.2, 0.25) is 0 Å². The molecule has 1 aliphatic rings. The average molecular weight is 314 g/mol. The molecule has 2 rings (SSSR count). The van der Waals surface area contributed by atoms with E-state index in [1.165, 1.54) is 25.7 Å². The molecule has 0 atom stereocenters. The van der Waals surface area contributed by atoms with Crippen molar-refractivity contribution in [1.29, 1.82) is 0 Å². The first-order valence-corrected chi connectivity index (χ1v) is 7.49. The molecule has 1 nitrogen and oxygen atoms in total. The van der Waals surface area contributed by atoms with Gasteiger partial charge < -0.3 is 0 Å². The van der Waals surface area contributed by atoms with E-state index < -0.39 is 0 Å². The molecule has 0 radical (unpaired) electrons. The van der Waals surface area contributed by atoms with E-state index in [2.05, 4.69) is 34.8 Å². The lowest BCUT2D eigenvalue weighted by Crippen LogP contribution is -2.34. The molecule has 1 saturated carbocycles. The fourth-order valence-corrected chi connectivity index (χ4v) is 3.06. The number of rotatable bonds is 3. The predicted molar refractivity (Wildman–Crippen MR) is 77.0 cm³/mol. The van der Waals surface area contributed by atoms with Gasteiger partial charge in [0.05, 0.1) is 0 Å². The Balaban J connectivity index is 1.96. The van der Waals surface area contributed by atoms with Crippen molar-refractivity contribution in [3.8, 4) is 0 Å². The van der Waals surface area contributed by atoms with E-state index in [0.717, 1.165) is 16.0 Å². The zero-order valence-corrected chi connectivity index (χ0v) is 12.7. The van der Waals surface area contributed by atoms with Crippen molar-refractivity contribution in [2.75, 3.05) is 7.05 Å². The summed E-state index contributed by atoms with van der Waals surface area (Å²) in [5.41, 5.74) is 0.791. The molecule has 0 N–H and O–H groups in total. The SMILES string of the molecule is CC1CCC(N(C)Cc2ccc(Br)cc2F)CC1. The fourth-order valence-electron chi connectivity index (χ4n) is 2.73. The molecule has 18 heavy (non-hydrogen) atoms. The summed E-state index contributed by atoms with van der Waals surface area (Å²) in [4.78, 5) is 2.30. The minimum atomic E-state index is -0.111. The van der Waals surface area contributed by atoms with Gasteiger partial charge in [0, 0.05) is 22.6 Å². The smallest absolute Gasteiger partial charge is 0.128 e. The zero-order chi connectivity index (χ0) is 13.1. The third kappa shape index (κ3) is 3.55. The van der Waals surface area contributed by atoms with E-state index in [1.807, 2.05) is 12.1 Å². The Labute approximate surface area is 118 Å². The summed E-state index contributed by atoms with van der Waals surface area (Å²) >= 11 is 3.29. The van der Waals surface area contributed by atoms with E-state index in [4.69, 9.17) is 0 Å². The first kappa shape index (κ1) is 14.0. The Morgan fingerprint density at radius 3 is 2.56 bits per heavy atom. The average Bonchev–Trinajstić information content (AvgIpc) is 2.33. The van der Waals surface area contributed by atoms with Gasteiger partial charge in [0.1, 0.15) is 5.82 Å².